The molecule has 1 fully saturated rings. The average molecular weight is 339 g/mol. The summed E-state index contributed by atoms with van der Waals surface area (Å²) in [6, 6.07) is 17.9. The Morgan fingerprint density at radius 2 is 1.88 bits per heavy atom. The standard InChI is InChI=1S/C20H25N3O2/c1-22(2)17-10-8-16(9-11-17)20(24)21-14-19-15-23(12-13-25-19)18-6-4-3-5-7-18/h3-11,19H,12-15H2,1-2H3,(H,21,24). The molecular weight excluding hydrogens is 314 g/mol. The Morgan fingerprint density at radius 3 is 2.56 bits per heavy atom. The summed E-state index contributed by atoms with van der Waals surface area (Å²) in [5.41, 5.74) is 2.94. The summed E-state index contributed by atoms with van der Waals surface area (Å²) in [4.78, 5) is 16.6. The van der Waals surface area contributed by atoms with Crippen LogP contribution in [0.1, 0.15) is 10.4 Å². The third-order valence-electron chi connectivity index (χ3n) is 4.40. The van der Waals surface area contributed by atoms with Crippen LogP contribution in [-0.2, 0) is 4.74 Å². The predicted molar refractivity (Wildman–Crippen MR) is 101 cm³/mol. The minimum absolute atomic E-state index is 0.000968. The van der Waals surface area contributed by atoms with Crippen LogP contribution in [0.3, 0.4) is 0 Å². The Bertz CT molecular complexity index is 686. The van der Waals surface area contributed by atoms with Gasteiger partial charge in [0.1, 0.15) is 0 Å². The maximum atomic E-state index is 12.3. The molecule has 0 aliphatic carbocycles. The van der Waals surface area contributed by atoms with Crippen molar-refractivity contribution >= 4 is 17.3 Å². The molecule has 5 nitrogen and oxygen atoms in total. The van der Waals surface area contributed by atoms with Gasteiger partial charge < -0.3 is 19.9 Å². The van der Waals surface area contributed by atoms with Crippen LogP contribution in [-0.4, -0.2) is 52.3 Å². The number of morpholine rings is 1. The largest absolute Gasteiger partial charge is 0.378 e. The molecule has 2 aromatic carbocycles. The van der Waals surface area contributed by atoms with Crippen LogP contribution in [0.15, 0.2) is 54.6 Å². The monoisotopic (exact) mass is 339 g/mol. The molecular formula is C20H25N3O2. The number of hydrogen-bond acceptors (Lipinski definition) is 4. The van der Waals surface area contributed by atoms with Crippen LogP contribution in [0.2, 0.25) is 0 Å². The molecule has 0 radical (unpaired) electrons. The van der Waals surface area contributed by atoms with Crippen molar-refractivity contribution in [1.82, 2.24) is 5.32 Å². The van der Waals surface area contributed by atoms with E-state index in [1.165, 1.54) is 5.69 Å². The normalized spacial score (nSPS) is 17.2. The molecule has 1 atom stereocenters. The van der Waals surface area contributed by atoms with Crippen LogP contribution in [0.4, 0.5) is 11.4 Å². The average Bonchev–Trinajstić information content (AvgIpc) is 2.67. The Kier molecular flexibility index (Phi) is 5.56. The first kappa shape index (κ1) is 17.3. The van der Waals surface area contributed by atoms with E-state index in [0.29, 0.717) is 18.7 Å². The van der Waals surface area contributed by atoms with Gasteiger partial charge in [-0.05, 0) is 36.4 Å². The van der Waals surface area contributed by atoms with Gasteiger partial charge in [0, 0.05) is 50.7 Å². The van der Waals surface area contributed by atoms with Crippen molar-refractivity contribution in [2.75, 3.05) is 50.1 Å². The first-order valence-electron chi connectivity index (χ1n) is 8.60. The van der Waals surface area contributed by atoms with E-state index in [4.69, 9.17) is 4.74 Å². The molecule has 1 saturated heterocycles. The fourth-order valence-corrected chi connectivity index (χ4v) is 2.94. The number of benzene rings is 2. The minimum atomic E-state index is -0.0641. The van der Waals surface area contributed by atoms with Gasteiger partial charge in [0.05, 0.1) is 12.7 Å². The molecule has 1 aliphatic heterocycles. The topological polar surface area (TPSA) is 44.8 Å². The summed E-state index contributed by atoms with van der Waals surface area (Å²) in [5.74, 6) is -0.0641. The maximum absolute atomic E-state index is 12.3. The van der Waals surface area contributed by atoms with E-state index in [-0.39, 0.29) is 12.0 Å². The zero-order valence-electron chi connectivity index (χ0n) is 14.8. The molecule has 1 N–H and O–H groups in total. The van der Waals surface area contributed by atoms with Crippen LogP contribution in [0.5, 0.6) is 0 Å². The first-order valence-corrected chi connectivity index (χ1v) is 8.60. The molecule has 1 unspecified atom stereocenters. The van der Waals surface area contributed by atoms with E-state index in [1.54, 1.807) is 0 Å². The fraction of sp³-hybridized carbons (Fsp3) is 0.350. The zero-order chi connectivity index (χ0) is 17.6. The molecule has 1 aliphatic rings. The van der Waals surface area contributed by atoms with Crippen LogP contribution in [0, 0.1) is 0 Å². The van der Waals surface area contributed by atoms with Crippen LogP contribution in [0.25, 0.3) is 0 Å². The van der Waals surface area contributed by atoms with Crippen molar-refractivity contribution in [3.8, 4) is 0 Å². The van der Waals surface area contributed by atoms with E-state index >= 15 is 0 Å². The van der Waals surface area contributed by atoms with E-state index in [0.717, 1.165) is 18.8 Å². The lowest BCUT2D eigenvalue weighted by molar-refractivity contribution is 0.0397. The number of hydrogen-bond donors (Lipinski definition) is 1. The maximum Gasteiger partial charge on any atom is 0.251 e. The summed E-state index contributed by atoms with van der Waals surface area (Å²) >= 11 is 0. The van der Waals surface area contributed by atoms with Crippen molar-refractivity contribution in [2.24, 2.45) is 0 Å². The van der Waals surface area contributed by atoms with Gasteiger partial charge in [-0.3, -0.25) is 4.79 Å². The molecule has 132 valence electrons. The van der Waals surface area contributed by atoms with Gasteiger partial charge in [0.2, 0.25) is 0 Å². The second kappa shape index (κ2) is 8.03. The molecule has 0 saturated carbocycles. The Morgan fingerprint density at radius 1 is 1.16 bits per heavy atom. The molecule has 2 aromatic rings. The van der Waals surface area contributed by atoms with Crippen molar-refractivity contribution < 1.29 is 9.53 Å². The summed E-state index contributed by atoms with van der Waals surface area (Å²) in [6.45, 7) is 2.84. The number of rotatable bonds is 5. The van der Waals surface area contributed by atoms with Crippen molar-refractivity contribution in [3.63, 3.8) is 0 Å². The number of anilines is 2. The summed E-state index contributed by atoms with van der Waals surface area (Å²) in [7, 11) is 3.96. The lowest BCUT2D eigenvalue weighted by Gasteiger charge is -2.34. The van der Waals surface area contributed by atoms with Gasteiger partial charge in [0.15, 0.2) is 0 Å². The Labute approximate surface area is 149 Å². The third kappa shape index (κ3) is 4.51. The summed E-state index contributed by atoms with van der Waals surface area (Å²) in [6.07, 6.45) is -0.000968. The van der Waals surface area contributed by atoms with Gasteiger partial charge >= 0.3 is 0 Å². The molecule has 1 amide bonds. The van der Waals surface area contributed by atoms with E-state index in [2.05, 4.69) is 22.3 Å². The highest BCUT2D eigenvalue weighted by Crippen LogP contribution is 2.17. The Hall–Kier alpha value is -2.53. The quantitative estimate of drug-likeness (QED) is 0.908. The molecule has 5 heteroatoms. The molecule has 0 aromatic heterocycles. The smallest absolute Gasteiger partial charge is 0.251 e. The second-order valence-electron chi connectivity index (χ2n) is 6.43. The van der Waals surface area contributed by atoms with Gasteiger partial charge in [-0.25, -0.2) is 0 Å². The lowest BCUT2D eigenvalue weighted by atomic mass is 10.1. The Balaban J connectivity index is 1.53. The number of amides is 1. The highest BCUT2D eigenvalue weighted by molar-refractivity contribution is 5.94. The molecule has 0 spiro atoms. The first-order chi connectivity index (χ1) is 12.1. The van der Waals surface area contributed by atoms with Crippen molar-refractivity contribution in [3.05, 3.63) is 60.2 Å². The number of para-hydroxylation sites is 1. The SMILES string of the molecule is CN(C)c1ccc(C(=O)NCC2CN(c3ccccc3)CCO2)cc1. The van der Waals surface area contributed by atoms with E-state index in [9.17, 15) is 4.79 Å². The number of nitrogens with zero attached hydrogens (tertiary/aromatic N) is 2. The highest BCUT2D eigenvalue weighted by atomic mass is 16.5. The number of nitrogens with one attached hydrogen (secondary N) is 1. The van der Waals surface area contributed by atoms with Crippen LogP contribution >= 0.6 is 0 Å². The van der Waals surface area contributed by atoms with Crippen molar-refractivity contribution in [2.45, 2.75) is 6.10 Å². The van der Waals surface area contributed by atoms with Gasteiger partial charge in [-0.15, -0.1) is 0 Å². The lowest BCUT2D eigenvalue weighted by Crippen LogP contribution is -2.47. The summed E-state index contributed by atoms with van der Waals surface area (Å²) in [5, 5.41) is 2.99. The summed E-state index contributed by atoms with van der Waals surface area (Å²) < 4.78 is 5.80. The van der Waals surface area contributed by atoms with Gasteiger partial charge in [0.25, 0.3) is 5.91 Å². The molecule has 3 rings (SSSR count). The van der Waals surface area contributed by atoms with Gasteiger partial charge in [-0.2, -0.15) is 0 Å². The van der Waals surface area contributed by atoms with E-state index in [1.807, 2.05) is 61.5 Å². The zero-order valence-corrected chi connectivity index (χ0v) is 14.8. The number of ether oxygens (including phenoxy) is 1. The number of carbonyl (C=O) groups excluding carboxylic acids is 1. The number of carbonyl (C=O) groups is 1. The molecule has 25 heavy (non-hydrogen) atoms. The van der Waals surface area contributed by atoms with Crippen LogP contribution < -0.4 is 15.1 Å². The van der Waals surface area contributed by atoms with E-state index < -0.39 is 0 Å². The van der Waals surface area contributed by atoms with Crippen molar-refractivity contribution in [1.29, 1.82) is 0 Å². The predicted octanol–water partition coefficient (Wildman–Crippen LogP) is 2.39. The molecule has 1 heterocycles. The highest BCUT2D eigenvalue weighted by Gasteiger charge is 2.21. The van der Waals surface area contributed by atoms with Gasteiger partial charge in [-0.1, -0.05) is 18.2 Å². The second-order valence-corrected chi connectivity index (χ2v) is 6.43. The molecule has 0 bridgehead atoms. The fourth-order valence-electron chi connectivity index (χ4n) is 2.94. The third-order valence-corrected chi connectivity index (χ3v) is 4.40. The minimum Gasteiger partial charge on any atom is -0.378 e.